The van der Waals surface area contributed by atoms with Gasteiger partial charge >= 0.3 is 0 Å². The number of piperidine rings is 1. The van der Waals surface area contributed by atoms with Gasteiger partial charge in [0.15, 0.2) is 5.69 Å². The molecule has 6 heteroatoms. The molecule has 1 aliphatic rings. The Morgan fingerprint density at radius 1 is 1.29 bits per heavy atom. The third kappa shape index (κ3) is 2.78. The molecule has 0 bridgehead atoms. The van der Waals surface area contributed by atoms with E-state index in [0.29, 0.717) is 23.7 Å². The number of hydrogen-bond acceptors (Lipinski definition) is 5. The van der Waals surface area contributed by atoms with Gasteiger partial charge in [-0.2, -0.15) is 0 Å². The number of nitrogens with zero attached hydrogens (tertiary/aromatic N) is 4. The maximum atomic E-state index is 13.0. The summed E-state index contributed by atoms with van der Waals surface area (Å²) >= 11 is 1.69. The molecule has 0 saturated carbocycles. The Morgan fingerprint density at radius 3 is 3.04 bits per heavy atom. The van der Waals surface area contributed by atoms with Gasteiger partial charge in [-0.15, -0.1) is 11.3 Å². The van der Waals surface area contributed by atoms with E-state index >= 15 is 0 Å². The molecule has 3 aromatic heterocycles. The van der Waals surface area contributed by atoms with Crippen molar-refractivity contribution >= 4 is 28.1 Å². The molecule has 0 spiro atoms. The van der Waals surface area contributed by atoms with Gasteiger partial charge in [-0.25, -0.2) is 9.97 Å². The van der Waals surface area contributed by atoms with Crippen LogP contribution < -0.4 is 0 Å². The van der Waals surface area contributed by atoms with Crippen molar-refractivity contribution in [3.05, 3.63) is 52.4 Å². The molecule has 1 fully saturated rings. The second-order valence-corrected chi connectivity index (χ2v) is 7.04. The summed E-state index contributed by atoms with van der Waals surface area (Å²) in [6.45, 7) is 3.48. The van der Waals surface area contributed by atoms with Crippen molar-refractivity contribution in [3.63, 3.8) is 0 Å². The normalized spacial score (nSPS) is 18.0. The van der Waals surface area contributed by atoms with Crippen molar-refractivity contribution in [2.45, 2.75) is 25.7 Å². The number of aryl methyl sites for hydroxylation is 1. The van der Waals surface area contributed by atoms with E-state index in [0.717, 1.165) is 35.5 Å². The fraction of sp³-hybridized carbons (Fsp3) is 0.333. The minimum Gasteiger partial charge on any atom is -0.337 e. The fourth-order valence-corrected chi connectivity index (χ4v) is 4.16. The molecule has 5 nitrogen and oxygen atoms in total. The first-order chi connectivity index (χ1) is 11.7. The molecule has 122 valence electrons. The topological polar surface area (TPSA) is 59.0 Å². The second-order valence-electron chi connectivity index (χ2n) is 6.15. The van der Waals surface area contributed by atoms with E-state index in [2.05, 4.69) is 20.3 Å². The number of carbonyl (C=O) groups is 1. The van der Waals surface area contributed by atoms with Crippen LogP contribution in [-0.2, 0) is 0 Å². The lowest BCUT2D eigenvalue weighted by Gasteiger charge is -2.31. The molecule has 1 saturated heterocycles. The summed E-state index contributed by atoms with van der Waals surface area (Å²) in [6.07, 6.45) is 5.46. The molecule has 3 aromatic rings. The van der Waals surface area contributed by atoms with Crippen LogP contribution in [0, 0.1) is 6.92 Å². The summed E-state index contributed by atoms with van der Waals surface area (Å²) in [5.74, 6) is 0.293. The maximum absolute atomic E-state index is 13.0. The standard InChI is InChI=1S/C18H18N4OS/c1-12-11-24-17(21-12)14-5-3-9-22(10-14)18(23)16-15-13(6-8-20-16)4-2-7-19-15/h2,4,6-8,11,14H,3,5,9-10H2,1H3. The minimum atomic E-state index is -0.0303. The summed E-state index contributed by atoms with van der Waals surface area (Å²) in [6, 6.07) is 5.72. The molecule has 4 heterocycles. The van der Waals surface area contributed by atoms with Gasteiger partial charge in [0.1, 0.15) is 5.52 Å². The average Bonchev–Trinajstić information content (AvgIpc) is 3.07. The first kappa shape index (κ1) is 15.2. The first-order valence-corrected chi connectivity index (χ1v) is 9.01. The van der Waals surface area contributed by atoms with Gasteiger partial charge in [0.05, 0.1) is 5.01 Å². The van der Waals surface area contributed by atoms with Gasteiger partial charge in [-0.3, -0.25) is 9.78 Å². The minimum absolute atomic E-state index is 0.0303. The summed E-state index contributed by atoms with van der Waals surface area (Å²) in [5.41, 5.74) is 2.18. The van der Waals surface area contributed by atoms with E-state index < -0.39 is 0 Å². The number of aromatic nitrogens is 3. The van der Waals surface area contributed by atoms with Crippen molar-refractivity contribution in [3.8, 4) is 0 Å². The van der Waals surface area contributed by atoms with E-state index in [1.165, 1.54) is 0 Å². The zero-order chi connectivity index (χ0) is 16.5. The first-order valence-electron chi connectivity index (χ1n) is 8.13. The molecular formula is C18H18N4OS. The largest absolute Gasteiger partial charge is 0.337 e. The Hall–Kier alpha value is -2.34. The van der Waals surface area contributed by atoms with Crippen molar-refractivity contribution in [1.29, 1.82) is 0 Å². The number of thiazole rings is 1. The molecule has 1 amide bonds. The SMILES string of the molecule is Cc1csc(C2CCCN(C(=O)c3nccc4cccnc34)C2)n1. The lowest BCUT2D eigenvalue weighted by molar-refractivity contribution is 0.0703. The van der Waals surface area contributed by atoms with Gasteiger partial charge < -0.3 is 4.90 Å². The number of pyridine rings is 2. The van der Waals surface area contributed by atoms with E-state index in [4.69, 9.17) is 0 Å². The van der Waals surface area contributed by atoms with Crippen molar-refractivity contribution in [2.24, 2.45) is 0 Å². The highest BCUT2D eigenvalue weighted by atomic mass is 32.1. The van der Waals surface area contributed by atoms with Crippen LogP contribution in [0.3, 0.4) is 0 Å². The molecule has 0 radical (unpaired) electrons. The number of rotatable bonds is 2. The Labute approximate surface area is 144 Å². The zero-order valence-electron chi connectivity index (χ0n) is 13.5. The lowest BCUT2D eigenvalue weighted by Crippen LogP contribution is -2.39. The monoisotopic (exact) mass is 338 g/mol. The number of carbonyl (C=O) groups excluding carboxylic acids is 1. The molecule has 4 rings (SSSR count). The average molecular weight is 338 g/mol. The third-order valence-electron chi connectivity index (χ3n) is 4.42. The number of fused-ring (bicyclic) bond motifs is 1. The van der Waals surface area contributed by atoms with Crippen LogP contribution in [-0.4, -0.2) is 38.8 Å². The van der Waals surface area contributed by atoms with Crippen LogP contribution in [0.2, 0.25) is 0 Å². The predicted octanol–water partition coefficient (Wildman–Crippen LogP) is 3.41. The van der Waals surface area contributed by atoms with Gasteiger partial charge in [0.25, 0.3) is 5.91 Å². The van der Waals surface area contributed by atoms with Crippen LogP contribution >= 0.6 is 11.3 Å². The maximum Gasteiger partial charge on any atom is 0.274 e. The van der Waals surface area contributed by atoms with E-state index in [1.807, 2.05) is 30.0 Å². The Morgan fingerprint density at radius 2 is 2.21 bits per heavy atom. The van der Waals surface area contributed by atoms with Gasteiger partial charge in [0.2, 0.25) is 0 Å². The fourth-order valence-electron chi connectivity index (χ4n) is 3.23. The van der Waals surface area contributed by atoms with Crippen LogP contribution in [0.15, 0.2) is 36.0 Å². The smallest absolute Gasteiger partial charge is 0.274 e. The molecular weight excluding hydrogens is 320 g/mol. The van der Waals surface area contributed by atoms with E-state index in [1.54, 1.807) is 23.7 Å². The van der Waals surface area contributed by atoms with Gasteiger partial charge in [-0.1, -0.05) is 6.07 Å². The Balaban J connectivity index is 1.61. The molecule has 1 atom stereocenters. The van der Waals surface area contributed by atoms with E-state index in [9.17, 15) is 4.79 Å². The van der Waals surface area contributed by atoms with Crippen LogP contribution in [0.5, 0.6) is 0 Å². The molecule has 1 aliphatic heterocycles. The number of likely N-dealkylation sites (tertiary alicyclic amines) is 1. The quantitative estimate of drug-likeness (QED) is 0.718. The van der Waals surface area contributed by atoms with Gasteiger partial charge in [-0.05, 0) is 31.9 Å². The van der Waals surface area contributed by atoms with Crippen LogP contribution in [0.4, 0.5) is 0 Å². The molecule has 0 aromatic carbocycles. The highest BCUT2D eigenvalue weighted by Crippen LogP contribution is 2.30. The third-order valence-corrected chi connectivity index (χ3v) is 5.54. The van der Waals surface area contributed by atoms with Crippen LogP contribution in [0.25, 0.3) is 10.9 Å². The second kappa shape index (κ2) is 6.28. The number of amides is 1. The van der Waals surface area contributed by atoms with Crippen molar-refractivity contribution < 1.29 is 4.79 Å². The van der Waals surface area contributed by atoms with Gasteiger partial charge in [0, 0.05) is 47.9 Å². The molecule has 1 unspecified atom stereocenters. The highest BCUT2D eigenvalue weighted by Gasteiger charge is 2.28. The summed E-state index contributed by atoms with van der Waals surface area (Å²) in [5, 5.41) is 4.15. The number of hydrogen-bond donors (Lipinski definition) is 0. The molecule has 24 heavy (non-hydrogen) atoms. The Kier molecular flexibility index (Phi) is 3.98. The van der Waals surface area contributed by atoms with Crippen molar-refractivity contribution in [1.82, 2.24) is 19.9 Å². The van der Waals surface area contributed by atoms with Crippen molar-refractivity contribution in [2.75, 3.05) is 13.1 Å². The summed E-state index contributed by atoms with van der Waals surface area (Å²) < 4.78 is 0. The lowest BCUT2D eigenvalue weighted by atomic mass is 9.98. The van der Waals surface area contributed by atoms with E-state index in [-0.39, 0.29) is 5.91 Å². The summed E-state index contributed by atoms with van der Waals surface area (Å²) in [7, 11) is 0. The predicted molar refractivity (Wildman–Crippen MR) is 94.3 cm³/mol. The Bertz CT molecular complexity index is 886. The molecule has 0 N–H and O–H groups in total. The highest BCUT2D eigenvalue weighted by molar-refractivity contribution is 7.09. The van der Waals surface area contributed by atoms with Crippen LogP contribution in [0.1, 0.15) is 39.9 Å². The summed E-state index contributed by atoms with van der Waals surface area (Å²) in [4.78, 5) is 28.2. The zero-order valence-corrected chi connectivity index (χ0v) is 14.3. The molecule has 0 aliphatic carbocycles.